The van der Waals surface area contributed by atoms with Gasteiger partial charge in [-0.1, -0.05) is 0 Å². The molecule has 0 bridgehead atoms. The number of nitrogens with zero attached hydrogens (tertiary/aromatic N) is 3. The number of hydrogen-bond acceptors (Lipinski definition) is 7. The quantitative estimate of drug-likeness (QED) is 0.632. The Morgan fingerprint density at radius 3 is 3.03 bits per heavy atom. The minimum atomic E-state index is -0.474. The summed E-state index contributed by atoms with van der Waals surface area (Å²) in [5.41, 5.74) is 3.63. The minimum absolute atomic E-state index is 0.0486. The summed E-state index contributed by atoms with van der Waals surface area (Å²) in [6, 6.07) is 4.21. The number of carbonyl (C=O) groups excluding carboxylic acids is 2. The molecule has 2 atom stereocenters. The number of aryl methyl sites for hydroxylation is 1. The number of ketones is 1. The molecule has 0 aromatic carbocycles. The van der Waals surface area contributed by atoms with E-state index in [0.29, 0.717) is 25.3 Å². The first kappa shape index (κ1) is 24.1. The summed E-state index contributed by atoms with van der Waals surface area (Å²) in [6.45, 7) is 3.24. The van der Waals surface area contributed by atoms with Gasteiger partial charge in [-0.25, -0.2) is 4.79 Å². The SMILES string of the molecule is Cc1ccncc1/C=C/C(=O)Cc1sc2c(c1C#N)CCC(COC(=O)N1CCC[C@@H](O)C1)C2. The number of allylic oxidation sites excluding steroid dienone is 1. The number of piperidine rings is 1. The first-order chi connectivity index (χ1) is 16.4. The van der Waals surface area contributed by atoms with Gasteiger partial charge >= 0.3 is 6.09 Å². The normalized spacial score (nSPS) is 20.1. The summed E-state index contributed by atoms with van der Waals surface area (Å²) in [4.78, 5) is 32.5. The zero-order chi connectivity index (χ0) is 24.1. The van der Waals surface area contributed by atoms with Crippen LogP contribution in [-0.4, -0.2) is 52.7 Å². The zero-order valence-electron chi connectivity index (χ0n) is 19.3. The molecule has 7 nitrogen and oxygen atoms in total. The van der Waals surface area contributed by atoms with Crippen LogP contribution < -0.4 is 0 Å². The fourth-order valence-corrected chi connectivity index (χ4v) is 5.99. The third-order valence-electron chi connectivity index (χ3n) is 6.51. The number of β-amino-alcohol motifs (C(OH)–C–C–N with tert-alkyl or cyclic N) is 1. The average molecular weight is 480 g/mol. The molecule has 1 N–H and O–H groups in total. The molecular weight excluding hydrogens is 450 g/mol. The first-order valence-electron chi connectivity index (χ1n) is 11.7. The van der Waals surface area contributed by atoms with Crippen molar-refractivity contribution in [2.24, 2.45) is 5.92 Å². The molecule has 0 saturated carbocycles. The number of hydrogen-bond donors (Lipinski definition) is 1. The maximum absolute atomic E-state index is 12.6. The number of aromatic nitrogens is 1. The van der Waals surface area contributed by atoms with E-state index in [1.807, 2.05) is 13.0 Å². The lowest BCUT2D eigenvalue weighted by Crippen LogP contribution is -2.42. The number of rotatable bonds is 6. The molecule has 34 heavy (non-hydrogen) atoms. The number of thiophene rings is 1. The van der Waals surface area contributed by atoms with Gasteiger partial charge in [-0.3, -0.25) is 9.78 Å². The Morgan fingerprint density at radius 2 is 2.26 bits per heavy atom. The summed E-state index contributed by atoms with van der Waals surface area (Å²) in [6.07, 6.45) is 9.97. The molecule has 2 aromatic rings. The number of aliphatic hydroxyl groups is 1. The Balaban J connectivity index is 1.36. The van der Waals surface area contributed by atoms with Crippen molar-refractivity contribution in [3.8, 4) is 6.07 Å². The largest absolute Gasteiger partial charge is 0.449 e. The van der Waals surface area contributed by atoms with Crippen LogP contribution >= 0.6 is 11.3 Å². The van der Waals surface area contributed by atoms with Gasteiger partial charge in [-0.05, 0) is 79.9 Å². The molecule has 0 spiro atoms. The van der Waals surface area contributed by atoms with E-state index in [-0.39, 0.29) is 24.2 Å². The van der Waals surface area contributed by atoms with Crippen molar-refractivity contribution in [3.05, 3.63) is 56.5 Å². The number of carbonyl (C=O) groups is 2. The lowest BCUT2D eigenvalue weighted by molar-refractivity contribution is -0.113. The molecule has 0 radical (unpaired) electrons. The molecule has 1 fully saturated rings. The Kier molecular flexibility index (Phi) is 7.76. The molecule has 3 heterocycles. The van der Waals surface area contributed by atoms with Gasteiger partial charge < -0.3 is 14.7 Å². The van der Waals surface area contributed by atoms with Crippen molar-refractivity contribution in [1.82, 2.24) is 9.88 Å². The van der Waals surface area contributed by atoms with Crippen molar-refractivity contribution >= 4 is 29.3 Å². The second-order valence-electron chi connectivity index (χ2n) is 9.05. The van der Waals surface area contributed by atoms with E-state index in [1.54, 1.807) is 29.4 Å². The minimum Gasteiger partial charge on any atom is -0.449 e. The maximum Gasteiger partial charge on any atom is 0.409 e. The number of pyridine rings is 1. The molecule has 4 rings (SSSR count). The number of aliphatic hydroxyl groups excluding tert-OH is 1. The monoisotopic (exact) mass is 479 g/mol. The van der Waals surface area contributed by atoms with Crippen molar-refractivity contribution in [3.63, 3.8) is 0 Å². The lowest BCUT2D eigenvalue weighted by Gasteiger charge is -2.30. The third-order valence-corrected chi connectivity index (χ3v) is 7.77. The highest BCUT2D eigenvalue weighted by Gasteiger charge is 2.28. The molecule has 1 unspecified atom stereocenters. The fraction of sp³-hybridized carbons (Fsp3) is 0.462. The summed E-state index contributed by atoms with van der Waals surface area (Å²) in [5, 5.41) is 19.5. The van der Waals surface area contributed by atoms with Gasteiger partial charge in [-0.15, -0.1) is 11.3 Å². The Hall–Kier alpha value is -3.02. The second kappa shape index (κ2) is 10.9. The van der Waals surface area contributed by atoms with Gasteiger partial charge in [0.05, 0.1) is 18.3 Å². The summed E-state index contributed by atoms with van der Waals surface area (Å²) in [5.74, 6) is 0.140. The molecular formula is C26H29N3O4S. The topological polar surface area (TPSA) is 104 Å². The van der Waals surface area contributed by atoms with Crippen molar-refractivity contribution < 1.29 is 19.4 Å². The van der Waals surface area contributed by atoms with Crippen LogP contribution in [0.15, 0.2) is 24.5 Å². The number of likely N-dealkylation sites (tertiary alicyclic amines) is 1. The lowest BCUT2D eigenvalue weighted by atomic mass is 9.87. The summed E-state index contributed by atoms with van der Waals surface area (Å²) >= 11 is 1.53. The fourth-order valence-electron chi connectivity index (χ4n) is 4.56. The Morgan fingerprint density at radius 1 is 1.41 bits per heavy atom. The number of nitriles is 1. The van der Waals surface area contributed by atoms with Gasteiger partial charge in [0, 0.05) is 41.7 Å². The van der Waals surface area contributed by atoms with Gasteiger partial charge in [0.1, 0.15) is 6.07 Å². The second-order valence-corrected chi connectivity index (χ2v) is 10.2. The van der Waals surface area contributed by atoms with E-state index >= 15 is 0 Å². The molecule has 2 aliphatic rings. The van der Waals surface area contributed by atoms with Gasteiger partial charge in [-0.2, -0.15) is 5.26 Å². The van der Waals surface area contributed by atoms with E-state index in [1.165, 1.54) is 11.3 Å². The van der Waals surface area contributed by atoms with Crippen LogP contribution in [0.25, 0.3) is 6.08 Å². The van der Waals surface area contributed by atoms with E-state index in [9.17, 15) is 20.0 Å². The highest BCUT2D eigenvalue weighted by atomic mass is 32.1. The molecule has 178 valence electrons. The highest BCUT2D eigenvalue weighted by Crippen LogP contribution is 2.36. The van der Waals surface area contributed by atoms with Gasteiger partial charge in [0.15, 0.2) is 5.78 Å². The smallest absolute Gasteiger partial charge is 0.409 e. The van der Waals surface area contributed by atoms with Crippen LogP contribution in [0, 0.1) is 24.2 Å². The third kappa shape index (κ3) is 5.72. The van der Waals surface area contributed by atoms with E-state index < -0.39 is 6.10 Å². The van der Waals surface area contributed by atoms with Crippen LogP contribution in [-0.2, 0) is 28.8 Å². The van der Waals surface area contributed by atoms with Crippen molar-refractivity contribution in [1.29, 1.82) is 5.26 Å². The van der Waals surface area contributed by atoms with E-state index in [4.69, 9.17) is 4.74 Å². The summed E-state index contributed by atoms with van der Waals surface area (Å²) < 4.78 is 5.54. The Labute approximate surface area is 203 Å². The maximum atomic E-state index is 12.6. The van der Waals surface area contributed by atoms with E-state index in [0.717, 1.165) is 58.5 Å². The molecule has 2 aromatic heterocycles. The molecule has 8 heteroatoms. The Bertz CT molecular complexity index is 1130. The first-order valence-corrected chi connectivity index (χ1v) is 12.5. The molecule has 1 aliphatic carbocycles. The predicted octanol–water partition coefficient (Wildman–Crippen LogP) is 3.85. The van der Waals surface area contributed by atoms with Gasteiger partial charge in [0.25, 0.3) is 0 Å². The van der Waals surface area contributed by atoms with Gasteiger partial charge in [0.2, 0.25) is 0 Å². The van der Waals surface area contributed by atoms with Crippen molar-refractivity contribution in [2.75, 3.05) is 19.7 Å². The van der Waals surface area contributed by atoms with Crippen molar-refractivity contribution in [2.45, 2.75) is 51.6 Å². The summed E-state index contributed by atoms with van der Waals surface area (Å²) in [7, 11) is 0. The van der Waals surface area contributed by atoms with Crippen LogP contribution in [0.2, 0.25) is 0 Å². The molecule has 1 saturated heterocycles. The number of amides is 1. The highest BCUT2D eigenvalue weighted by molar-refractivity contribution is 7.12. The van der Waals surface area contributed by atoms with Crippen LogP contribution in [0.5, 0.6) is 0 Å². The molecule has 1 aliphatic heterocycles. The standard InChI is InChI=1S/C26H29N3O4S/c1-17-8-9-28-14-19(17)5-6-20(30)12-25-23(13-27)22-7-4-18(11-24(22)34-25)16-33-26(32)29-10-2-3-21(31)15-29/h5-6,8-9,14,18,21,31H,2-4,7,10-12,15-16H2,1H3/b6-5+/t18?,21-/m1/s1. The van der Waals surface area contributed by atoms with Crippen LogP contribution in [0.1, 0.15) is 51.3 Å². The number of ether oxygens (including phenoxy) is 1. The van der Waals surface area contributed by atoms with Crippen LogP contribution in [0.4, 0.5) is 4.79 Å². The average Bonchev–Trinajstić information content (AvgIpc) is 3.18. The van der Waals surface area contributed by atoms with E-state index in [2.05, 4.69) is 11.1 Å². The number of fused-ring (bicyclic) bond motifs is 1. The molecule has 1 amide bonds. The predicted molar refractivity (Wildman–Crippen MR) is 129 cm³/mol. The van der Waals surface area contributed by atoms with Crippen LogP contribution in [0.3, 0.4) is 0 Å². The zero-order valence-corrected chi connectivity index (χ0v) is 20.1.